The van der Waals surface area contributed by atoms with Crippen molar-refractivity contribution in [2.45, 2.75) is 36.8 Å². The number of furan rings is 1. The van der Waals surface area contributed by atoms with Gasteiger partial charge < -0.3 is 14.5 Å². The lowest BCUT2D eigenvalue weighted by atomic mass is 10.1. The maximum atomic E-state index is 12.6. The molecule has 1 saturated carbocycles. The van der Waals surface area contributed by atoms with Crippen LogP contribution in [0.4, 0.5) is 0 Å². The molecule has 0 aromatic carbocycles. The Morgan fingerprint density at radius 1 is 1.35 bits per heavy atom. The van der Waals surface area contributed by atoms with E-state index < -0.39 is 16.0 Å². The number of nitrogens with one attached hydrogen (secondary N) is 1. The molecule has 0 bridgehead atoms. The van der Waals surface area contributed by atoms with Gasteiger partial charge in [0.1, 0.15) is 6.26 Å². The molecule has 1 aliphatic heterocycles. The molecule has 1 aromatic rings. The second kappa shape index (κ2) is 6.62. The summed E-state index contributed by atoms with van der Waals surface area (Å²) in [5, 5.41) is 3.31. The second-order valence-electron chi connectivity index (χ2n) is 6.18. The van der Waals surface area contributed by atoms with Gasteiger partial charge in [-0.05, 0) is 38.1 Å². The van der Waals surface area contributed by atoms with Crippen LogP contribution in [-0.4, -0.2) is 51.5 Å². The number of piperidine rings is 1. The van der Waals surface area contributed by atoms with Crippen LogP contribution in [0.15, 0.2) is 21.8 Å². The van der Waals surface area contributed by atoms with Crippen molar-refractivity contribution in [1.82, 2.24) is 9.62 Å². The summed E-state index contributed by atoms with van der Waals surface area (Å²) in [7, 11) is -2.46. The zero-order valence-corrected chi connectivity index (χ0v) is 14.0. The first kappa shape index (κ1) is 16.5. The Balaban J connectivity index is 1.59. The molecule has 1 N–H and O–H groups in total. The quantitative estimate of drug-likeness (QED) is 0.782. The molecule has 2 aliphatic rings. The van der Waals surface area contributed by atoms with E-state index in [1.165, 1.54) is 30.3 Å². The van der Waals surface area contributed by atoms with Gasteiger partial charge in [-0.25, -0.2) is 13.2 Å². The minimum Gasteiger partial charge on any atom is -0.465 e. The highest BCUT2D eigenvalue weighted by Crippen LogP contribution is 2.28. The van der Waals surface area contributed by atoms with Gasteiger partial charge in [0, 0.05) is 25.2 Å². The largest absolute Gasteiger partial charge is 0.465 e. The van der Waals surface area contributed by atoms with Crippen molar-refractivity contribution in [3.8, 4) is 0 Å². The van der Waals surface area contributed by atoms with Gasteiger partial charge in [0.05, 0.1) is 12.7 Å². The van der Waals surface area contributed by atoms with Gasteiger partial charge in [-0.1, -0.05) is 0 Å². The highest BCUT2D eigenvalue weighted by atomic mass is 32.2. The number of carbonyl (C=O) groups is 1. The summed E-state index contributed by atoms with van der Waals surface area (Å²) in [5.41, 5.74) is 0.104. The fourth-order valence-corrected chi connectivity index (χ4v) is 4.15. The number of hydrogen-bond acceptors (Lipinski definition) is 6. The standard InChI is InChI=1S/C15H22N2O5S/c1-21-15(18)12-8-14(22-10-12)23(19,20)17-6-4-13(5-7-17)16-9-11-2-3-11/h8,10-11,13,16H,2-7,9H2,1H3. The Kier molecular flexibility index (Phi) is 4.74. The van der Waals surface area contributed by atoms with Crippen molar-refractivity contribution in [1.29, 1.82) is 0 Å². The third-order valence-corrected chi connectivity index (χ3v) is 6.20. The van der Waals surface area contributed by atoms with Crippen molar-refractivity contribution in [2.75, 3.05) is 26.7 Å². The van der Waals surface area contributed by atoms with Crippen molar-refractivity contribution < 1.29 is 22.4 Å². The van der Waals surface area contributed by atoms with E-state index in [0.29, 0.717) is 19.1 Å². The van der Waals surface area contributed by atoms with E-state index in [1.807, 2.05) is 0 Å². The molecule has 128 valence electrons. The van der Waals surface area contributed by atoms with Gasteiger partial charge in [-0.2, -0.15) is 4.31 Å². The Morgan fingerprint density at radius 2 is 2.04 bits per heavy atom. The van der Waals surface area contributed by atoms with E-state index in [4.69, 9.17) is 4.42 Å². The smallest absolute Gasteiger partial charge is 0.341 e. The number of rotatable bonds is 6. The molecule has 7 nitrogen and oxygen atoms in total. The molecular weight excluding hydrogens is 320 g/mol. The topological polar surface area (TPSA) is 88.8 Å². The molecule has 0 atom stereocenters. The highest BCUT2D eigenvalue weighted by molar-refractivity contribution is 7.89. The average molecular weight is 342 g/mol. The normalized spacial score (nSPS) is 20.6. The third kappa shape index (κ3) is 3.76. The maximum absolute atomic E-state index is 12.6. The van der Waals surface area contributed by atoms with Gasteiger partial charge in [-0.15, -0.1) is 0 Å². The number of ether oxygens (including phenoxy) is 1. The van der Waals surface area contributed by atoms with Crippen LogP contribution in [0.1, 0.15) is 36.0 Å². The predicted molar refractivity (Wildman–Crippen MR) is 82.6 cm³/mol. The van der Waals surface area contributed by atoms with Crippen molar-refractivity contribution in [3.05, 3.63) is 17.9 Å². The summed E-state index contributed by atoms with van der Waals surface area (Å²) >= 11 is 0. The van der Waals surface area contributed by atoms with Crippen molar-refractivity contribution in [2.24, 2.45) is 5.92 Å². The fraction of sp³-hybridized carbons (Fsp3) is 0.667. The van der Waals surface area contributed by atoms with E-state index in [1.54, 1.807) is 0 Å². The van der Waals surface area contributed by atoms with Crippen LogP contribution in [0.2, 0.25) is 0 Å². The lowest BCUT2D eigenvalue weighted by Crippen LogP contribution is -2.45. The molecule has 1 saturated heterocycles. The average Bonchev–Trinajstić information content (AvgIpc) is 3.25. The first-order valence-corrected chi connectivity index (χ1v) is 9.35. The number of hydrogen-bond donors (Lipinski definition) is 1. The van der Waals surface area contributed by atoms with Gasteiger partial charge >= 0.3 is 5.97 Å². The Bertz CT molecular complexity index is 657. The summed E-state index contributed by atoms with van der Waals surface area (Å²) < 4.78 is 36.2. The molecule has 1 aromatic heterocycles. The van der Waals surface area contributed by atoms with Crippen molar-refractivity contribution in [3.63, 3.8) is 0 Å². The van der Waals surface area contributed by atoms with E-state index >= 15 is 0 Å². The molecule has 0 radical (unpaired) electrons. The van der Waals surface area contributed by atoms with Gasteiger partial charge in [-0.3, -0.25) is 0 Å². The van der Waals surface area contributed by atoms with Gasteiger partial charge in [0.2, 0.25) is 5.09 Å². The second-order valence-corrected chi connectivity index (χ2v) is 8.04. The molecule has 8 heteroatoms. The number of esters is 1. The van der Waals surface area contributed by atoms with Crippen LogP contribution in [0.3, 0.4) is 0 Å². The molecule has 0 unspecified atom stereocenters. The predicted octanol–water partition coefficient (Wildman–Crippen LogP) is 1.22. The maximum Gasteiger partial charge on any atom is 0.341 e. The minimum atomic E-state index is -3.69. The number of methoxy groups -OCH3 is 1. The van der Waals surface area contributed by atoms with Crippen LogP contribution in [-0.2, 0) is 14.8 Å². The first-order chi connectivity index (χ1) is 11.0. The van der Waals surface area contributed by atoms with E-state index in [0.717, 1.165) is 31.6 Å². The summed E-state index contributed by atoms with van der Waals surface area (Å²) in [5.74, 6) is 0.204. The minimum absolute atomic E-state index is 0.104. The fourth-order valence-electron chi connectivity index (χ4n) is 2.76. The molecule has 2 fully saturated rings. The third-order valence-electron chi connectivity index (χ3n) is 4.44. The number of carbonyl (C=O) groups excluding carboxylic acids is 1. The van der Waals surface area contributed by atoms with E-state index in [2.05, 4.69) is 10.1 Å². The molecule has 0 spiro atoms. The summed E-state index contributed by atoms with van der Waals surface area (Å²) in [6, 6.07) is 1.60. The Labute approximate surface area is 136 Å². The SMILES string of the molecule is COC(=O)c1coc(S(=O)(=O)N2CCC(NCC3CC3)CC2)c1. The van der Waals surface area contributed by atoms with Crippen LogP contribution in [0.25, 0.3) is 0 Å². The number of sulfonamides is 1. The molecule has 3 rings (SSSR count). The molecular formula is C15H22N2O5S. The lowest BCUT2D eigenvalue weighted by Gasteiger charge is -2.31. The summed E-state index contributed by atoms with van der Waals surface area (Å²) in [4.78, 5) is 11.4. The van der Waals surface area contributed by atoms with Gasteiger partial charge in [0.25, 0.3) is 10.0 Å². The van der Waals surface area contributed by atoms with Crippen LogP contribution < -0.4 is 5.32 Å². The first-order valence-electron chi connectivity index (χ1n) is 7.91. The zero-order chi connectivity index (χ0) is 16.4. The van der Waals surface area contributed by atoms with E-state index in [9.17, 15) is 13.2 Å². The molecule has 0 amide bonds. The van der Waals surface area contributed by atoms with Crippen LogP contribution in [0, 0.1) is 5.92 Å². The summed E-state index contributed by atoms with van der Waals surface area (Å²) in [6.45, 7) is 1.95. The van der Waals surface area contributed by atoms with Crippen LogP contribution >= 0.6 is 0 Å². The lowest BCUT2D eigenvalue weighted by molar-refractivity contribution is 0.0600. The summed E-state index contributed by atoms with van der Waals surface area (Å²) in [6.07, 6.45) is 5.30. The van der Waals surface area contributed by atoms with E-state index in [-0.39, 0.29) is 10.7 Å². The zero-order valence-electron chi connectivity index (χ0n) is 13.2. The van der Waals surface area contributed by atoms with Crippen molar-refractivity contribution >= 4 is 16.0 Å². The number of nitrogens with zero attached hydrogens (tertiary/aromatic N) is 1. The highest BCUT2D eigenvalue weighted by Gasteiger charge is 2.32. The van der Waals surface area contributed by atoms with Gasteiger partial charge in [0.15, 0.2) is 0 Å². The Morgan fingerprint density at radius 3 is 2.65 bits per heavy atom. The molecule has 23 heavy (non-hydrogen) atoms. The van der Waals surface area contributed by atoms with Crippen LogP contribution in [0.5, 0.6) is 0 Å². The monoisotopic (exact) mass is 342 g/mol. The molecule has 2 heterocycles. The Hall–Kier alpha value is -1.38. The molecule has 1 aliphatic carbocycles.